The highest BCUT2D eigenvalue weighted by molar-refractivity contribution is 7.99. The van der Waals surface area contributed by atoms with Crippen LogP contribution in [0.15, 0.2) is 30.3 Å². The number of benzene rings is 1. The van der Waals surface area contributed by atoms with Crippen LogP contribution < -0.4 is 5.32 Å². The van der Waals surface area contributed by atoms with Crippen molar-refractivity contribution in [3.05, 3.63) is 35.9 Å². The van der Waals surface area contributed by atoms with Gasteiger partial charge in [0.1, 0.15) is 6.54 Å². The molecule has 0 radical (unpaired) electrons. The van der Waals surface area contributed by atoms with Crippen LogP contribution in [0.1, 0.15) is 5.56 Å². The van der Waals surface area contributed by atoms with Gasteiger partial charge < -0.3 is 10.1 Å². The van der Waals surface area contributed by atoms with Crippen LogP contribution in [0.25, 0.3) is 0 Å². The molecule has 0 aliphatic heterocycles. The van der Waals surface area contributed by atoms with Gasteiger partial charge in [-0.3, -0.25) is 9.59 Å². The van der Waals surface area contributed by atoms with Gasteiger partial charge in [0, 0.05) is 0 Å². The van der Waals surface area contributed by atoms with Crippen molar-refractivity contribution in [3.63, 3.8) is 0 Å². The maximum absolute atomic E-state index is 11.3. The van der Waals surface area contributed by atoms with Gasteiger partial charge in [0.05, 0.1) is 12.9 Å². The van der Waals surface area contributed by atoms with Crippen LogP contribution in [0.5, 0.6) is 0 Å². The number of aryl methyl sites for hydroxylation is 1. The lowest BCUT2D eigenvalue weighted by molar-refractivity contribution is -0.140. The summed E-state index contributed by atoms with van der Waals surface area (Å²) in [6, 6.07) is 10.1. The van der Waals surface area contributed by atoms with Crippen LogP contribution in [-0.2, 0) is 20.7 Å². The molecule has 0 aliphatic carbocycles. The molecule has 0 saturated heterocycles. The van der Waals surface area contributed by atoms with Crippen molar-refractivity contribution >= 4 is 23.6 Å². The summed E-state index contributed by atoms with van der Waals surface area (Å²) in [5.41, 5.74) is 1.26. The number of rotatable bonds is 7. The average molecular weight is 267 g/mol. The number of amides is 1. The molecule has 0 aliphatic rings. The van der Waals surface area contributed by atoms with Crippen molar-refractivity contribution in [2.45, 2.75) is 6.42 Å². The Hall–Kier alpha value is -1.49. The van der Waals surface area contributed by atoms with Crippen molar-refractivity contribution in [1.29, 1.82) is 0 Å². The van der Waals surface area contributed by atoms with Crippen molar-refractivity contribution in [2.24, 2.45) is 0 Å². The van der Waals surface area contributed by atoms with E-state index in [0.29, 0.717) is 5.75 Å². The number of ether oxygens (including phenoxy) is 1. The summed E-state index contributed by atoms with van der Waals surface area (Å²) in [6.07, 6.45) is 0.940. The number of carbonyl (C=O) groups excluding carboxylic acids is 2. The molecule has 0 heterocycles. The molecule has 98 valence electrons. The number of thioether (sulfide) groups is 1. The summed E-state index contributed by atoms with van der Waals surface area (Å²) >= 11 is 1.55. The number of nitrogens with one attached hydrogen (secondary N) is 1. The van der Waals surface area contributed by atoms with E-state index in [0.717, 1.165) is 12.2 Å². The van der Waals surface area contributed by atoms with E-state index in [9.17, 15) is 9.59 Å². The van der Waals surface area contributed by atoms with Crippen molar-refractivity contribution < 1.29 is 14.3 Å². The van der Waals surface area contributed by atoms with Crippen LogP contribution in [0.2, 0.25) is 0 Å². The minimum atomic E-state index is -0.433. The quantitative estimate of drug-likeness (QED) is 0.597. The lowest BCUT2D eigenvalue weighted by Crippen LogP contribution is -2.31. The number of hydrogen-bond acceptors (Lipinski definition) is 4. The van der Waals surface area contributed by atoms with E-state index in [1.54, 1.807) is 11.8 Å². The van der Waals surface area contributed by atoms with E-state index < -0.39 is 5.97 Å². The van der Waals surface area contributed by atoms with Crippen LogP contribution in [-0.4, -0.2) is 37.0 Å². The summed E-state index contributed by atoms with van der Waals surface area (Å²) in [6.45, 7) is -0.0609. The maximum Gasteiger partial charge on any atom is 0.325 e. The molecular formula is C13H17NO3S. The molecular weight excluding hydrogens is 250 g/mol. The molecule has 1 aromatic rings. The molecule has 18 heavy (non-hydrogen) atoms. The Bertz CT molecular complexity index is 381. The van der Waals surface area contributed by atoms with Gasteiger partial charge in [-0.05, 0) is 17.7 Å². The third-order valence-corrected chi connectivity index (χ3v) is 3.23. The topological polar surface area (TPSA) is 55.4 Å². The Labute approximate surface area is 111 Å². The number of hydrogen-bond donors (Lipinski definition) is 1. The molecule has 0 aromatic heterocycles. The summed E-state index contributed by atoms with van der Waals surface area (Å²) in [4.78, 5) is 22.1. The zero-order valence-corrected chi connectivity index (χ0v) is 11.2. The van der Waals surface area contributed by atoms with Crippen molar-refractivity contribution in [1.82, 2.24) is 5.32 Å². The molecule has 0 saturated carbocycles. The first kappa shape index (κ1) is 14.6. The van der Waals surface area contributed by atoms with E-state index in [4.69, 9.17) is 0 Å². The first-order chi connectivity index (χ1) is 8.72. The van der Waals surface area contributed by atoms with Crippen LogP contribution in [0.4, 0.5) is 0 Å². The molecule has 1 amide bonds. The van der Waals surface area contributed by atoms with Gasteiger partial charge in [-0.2, -0.15) is 11.8 Å². The van der Waals surface area contributed by atoms with Crippen LogP contribution in [0.3, 0.4) is 0 Å². The molecule has 4 nitrogen and oxygen atoms in total. The molecule has 1 N–H and O–H groups in total. The standard InChI is InChI=1S/C13H17NO3S/c1-17-13(16)9-14-12(15)10-18-8-7-11-5-3-2-4-6-11/h2-6H,7-10H2,1H3,(H,14,15). The summed E-state index contributed by atoms with van der Waals surface area (Å²) in [5, 5.41) is 2.50. The average Bonchev–Trinajstić information content (AvgIpc) is 2.42. The van der Waals surface area contributed by atoms with Gasteiger partial charge >= 0.3 is 5.97 Å². The largest absolute Gasteiger partial charge is 0.468 e. The third-order valence-electron chi connectivity index (χ3n) is 2.27. The van der Waals surface area contributed by atoms with Gasteiger partial charge in [0.25, 0.3) is 0 Å². The second-order valence-corrected chi connectivity index (χ2v) is 4.75. The number of methoxy groups -OCH3 is 1. The lowest BCUT2D eigenvalue weighted by atomic mass is 10.2. The maximum atomic E-state index is 11.3. The van der Waals surface area contributed by atoms with E-state index in [1.807, 2.05) is 18.2 Å². The van der Waals surface area contributed by atoms with Crippen LogP contribution >= 0.6 is 11.8 Å². The van der Waals surface area contributed by atoms with Gasteiger partial charge in [0.15, 0.2) is 0 Å². The third kappa shape index (κ3) is 6.30. The normalized spacial score (nSPS) is 9.83. The van der Waals surface area contributed by atoms with Gasteiger partial charge in [-0.15, -0.1) is 0 Å². The molecule has 0 fully saturated rings. The predicted octanol–water partition coefficient (Wildman–Crippen LogP) is 1.25. The molecule has 0 spiro atoms. The minimum Gasteiger partial charge on any atom is -0.468 e. The Morgan fingerprint density at radius 3 is 2.67 bits per heavy atom. The molecule has 5 heteroatoms. The van der Waals surface area contributed by atoms with Crippen LogP contribution in [0, 0.1) is 0 Å². The SMILES string of the molecule is COC(=O)CNC(=O)CSCCc1ccccc1. The second kappa shape index (κ2) is 8.58. The fourth-order valence-electron chi connectivity index (χ4n) is 1.29. The van der Waals surface area contributed by atoms with Crippen molar-refractivity contribution in [3.8, 4) is 0 Å². The molecule has 0 atom stereocenters. The fourth-order valence-corrected chi connectivity index (χ4v) is 2.11. The van der Waals surface area contributed by atoms with Gasteiger partial charge in [0.2, 0.25) is 5.91 Å². The number of esters is 1. The van der Waals surface area contributed by atoms with E-state index in [-0.39, 0.29) is 12.5 Å². The lowest BCUT2D eigenvalue weighted by Gasteiger charge is -2.04. The first-order valence-corrected chi connectivity index (χ1v) is 6.83. The summed E-state index contributed by atoms with van der Waals surface area (Å²) in [5.74, 6) is 0.676. The molecule has 1 aromatic carbocycles. The Morgan fingerprint density at radius 2 is 2.00 bits per heavy atom. The Morgan fingerprint density at radius 1 is 1.28 bits per heavy atom. The predicted molar refractivity (Wildman–Crippen MR) is 72.5 cm³/mol. The highest BCUT2D eigenvalue weighted by Crippen LogP contribution is 2.06. The fraction of sp³-hybridized carbons (Fsp3) is 0.385. The van der Waals surface area contributed by atoms with Crippen molar-refractivity contribution in [2.75, 3.05) is 25.2 Å². The Kier molecular flexibility index (Phi) is 6.94. The second-order valence-electron chi connectivity index (χ2n) is 3.64. The molecule has 1 rings (SSSR count). The monoisotopic (exact) mass is 267 g/mol. The highest BCUT2D eigenvalue weighted by atomic mass is 32.2. The zero-order chi connectivity index (χ0) is 13.2. The first-order valence-electron chi connectivity index (χ1n) is 5.67. The van der Waals surface area contributed by atoms with E-state index >= 15 is 0 Å². The minimum absolute atomic E-state index is 0.0609. The van der Waals surface area contributed by atoms with Gasteiger partial charge in [-0.1, -0.05) is 30.3 Å². The summed E-state index contributed by atoms with van der Waals surface area (Å²) in [7, 11) is 1.29. The number of carbonyl (C=O) groups is 2. The zero-order valence-electron chi connectivity index (χ0n) is 10.3. The van der Waals surface area contributed by atoms with E-state index in [1.165, 1.54) is 12.7 Å². The Balaban J connectivity index is 2.07. The smallest absolute Gasteiger partial charge is 0.325 e. The van der Waals surface area contributed by atoms with Gasteiger partial charge in [-0.25, -0.2) is 0 Å². The highest BCUT2D eigenvalue weighted by Gasteiger charge is 2.04. The molecule has 0 bridgehead atoms. The molecule has 0 unspecified atom stereocenters. The summed E-state index contributed by atoms with van der Waals surface area (Å²) < 4.78 is 4.42. The van der Waals surface area contributed by atoms with E-state index in [2.05, 4.69) is 22.2 Å².